The summed E-state index contributed by atoms with van der Waals surface area (Å²) in [6.07, 6.45) is 0.797. The number of nitrogens with zero attached hydrogens (tertiary/aromatic N) is 3. The number of anilines is 3. The van der Waals surface area contributed by atoms with Crippen molar-refractivity contribution in [2.75, 3.05) is 69.0 Å². The molecule has 11 heteroatoms. The summed E-state index contributed by atoms with van der Waals surface area (Å²) in [4.78, 5) is 18.1. The molecule has 5 rings (SSSR count). The van der Waals surface area contributed by atoms with Crippen molar-refractivity contribution in [3.8, 4) is 5.75 Å². The first kappa shape index (κ1) is 28.3. The molecule has 216 valence electrons. The molecule has 3 N–H and O–H groups in total. The van der Waals surface area contributed by atoms with E-state index in [0.717, 1.165) is 50.0 Å². The molecule has 41 heavy (non-hydrogen) atoms. The first-order valence-electron chi connectivity index (χ1n) is 13.6. The highest BCUT2D eigenvalue weighted by molar-refractivity contribution is 6.11. The largest absolute Gasteiger partial charge is 0.489 e. The molecule has 0 atom stereocenters. The number of nitrogens with one attached hydrogen (secondary N) is 3. The zero-order valence-electron chi connectivity index (χ0n) is 23.2. The number of hydrogen-bond acceptors (Lipinski definition) is 7. The number of piperazine rings is 1. The third-order valence-electron chi connectivity index (χ3n) is 7.05. The number of fused-ring (bicyclic) bond motifs is 1. The predicted molar refractivity (Wildman–Crippen MR) is 156 cm³/mol. The van der Waals surface area contributed by atoms with Crippen LogP contribution in [0.1, 0.15) is 22.3 Å². The van der Waals surface area contributed by atoms with E-state index in [9.17, 15) is 13.6 Å². The van der Waals surface area contributed by atoms with Crippen molar-refractivity contribution in [1.82, 2.24) is 15.1 Å². The summed E-state index contributed by atoms with van der Waals surface area (Å²) < 4.78 is 38.0. The molecular weight excluding hydrogens is 530 g/mol. The van der Waals surface area contributed by atoms with E-state index >= 15 is 0 Å². The Bertz CT molecular complexity index is 1480. The summed E-state index contributed by atoms with van der Waals surface area (Å²) in [5.74, 6) is -0.818. The van der Waals surface area contributed by atoms with Crippen molar-refractivity contribution in [1.29, 1.82) is 0 Å². The van der Waals surface area contributed by atoms with Gasteiger partial charge in [0.15, 0.2) is 5.82 Å². The first-order valence-corrected chi connectivity index (χ1v) is 13.6. The standard InChI is InChI=1S/C30H34F2N6O3/c1-37-9-11-38(12-10-37)23-4-6-25(28(17-23)33-8-3-13-40-2)30(39)34-29-26-18-24(5-7-27(26)35-36-29)41-19-20-14-21(31)16-22(32)15-20/h4-7,14-18,33H,3,8-13,19H2,1-2H3,(H2,34,35,36,39). The minimum atomic E-state index is -0.664. The number of amides is 1. The molecule has 1 aliphatic rings. The maximum absolute atomic E-state index is 13.5. The molecule has 0 spiro atoms. The number of likely N-dealkylation sites (N-methyl/N-ethyl adjacent to an activating group) is 1. The topological polar surface area (TPSA) is 94.8 Å². The molecule has 3 aromatic carbocycles. The Morgan fingerprint density at radius 3 is 2.56 bits per heavy atom. The number of halogens is 2. The van der Waals surface area contributed by atoms with Gasteiger partial charge in [0.1, 0.15) is 24.0 Å². The second-order valence-corrected chi connectivity index (χ2v) is 10.1. The summed E-state index contributed by atoms with van der Waals surface area (Å²) in [6.45, 7) is 5.06. The fraction of sp³-hybridized carbons (Fsp3) is 0.333. The lowest BCUT2D eigenvalue weighted by molar-refractivity contribution is 0.102. The lowest BCUT2D eigenvalue weighted by Crippen LogP contribution is -2.44. The van der Waals surface area contributed by atoms with Crippen LogP contribution in [0.5, 0.6) is 5.75 Å². The Labute approximate surface area is 237 Å². The van der Waals surface area contributed by atoms with Crippen molar-refractivity contribution < 1.29 is 23.0 Å². The lowest BCUT2D eigenvalue weighted by Gasteiger charge is -2.34. The maximum Gasteiger partial charge on any atom is 0.258 e. The Morgan fingerprint density at radius 2 is 1.80 bits per heavy atom. The van der Waals surface area contributed by atoms with E-state index in [1.165, 1.54) is 12.1 Å². The third kappa shape index (κ3) is 7.11. The zero-order chi connectivity index (χ0) is 28.8. The van der Waals surface area contributed by atoms with E-state index in [1.54, 1.807) is 25.3 Å². The van der Waals surface area contributed by atoms with Gasteiger partial charge in [0.25, 0.3) is 5.91 Å². The number of benzene rings is 3. The molecule has 2 heterocycles. The van der Waals surface area contributed by atoms with Gasteiger partial charge in [-0.15, -0.1) is 0 Å². The Kier molecular flexibility index (Phi) is 8.95. The van der Waals surface area contributed by atoms with Crippen LogP contribution in [-0.2, 0) is 11.3 Å². The number of carbonyl (C=O) groups is 1. The molecular formula is C30H34F2N6O3. The van der Waals surface area contributed by atoms with E-state index < -0.39 is 11.6 Å². The van der Waals surface area contributed by atoms with Crippen molar-refractivity contribution >= 4 is 34.0 Å². The molecule has 0 radical (unpaired) electrons. The van der Waals surface area contributed by atoms with Crippen LogP contribution in [0.25, 0.3) is 10.9 Å². The van der Waals surface area contributed by atoms with Crippen molar-refractivity contribution in [2.24, 2.45) is 0 Å². The van der Waals surface area contributed by atoms with Gasteiger partial charge in [0.05, 0.1) is 11.1 Å². The molecule has 1 fully saturated rings. The average molecular weight is 565 g/mol. The van der Waals surface area contributed by atoms with Crippen LogP contribution in [0.3, 0.4) is 0 Å². The molecule has 4 aromatic rings. The summed E-state index contributed by atoms with van der Waals surface area (Å²) >= 11 is 0. The van der Waals surface area contributed by atoms with Gasteiger partial charge in [-0.05, 0) is 67.6 Å². The molecule has 0 unspecified atom stereocenters. The van der Waals surface area contributed by atoms with E-state index in [-0.39, 0.29) is 12.5 Å². The monoisotopic (exact) mass is 564 g/mol. The number of H-pyrrole nitrogens is 1. The number of aromatic amines is 1. The predicted octanol–water partition coefficient (Wildman–Crippen LogP) is 4.87. The highest BCUT2D eigenvalue weighted by Crippen LogP contribution is 2.29. The van der Waals surface area contributed by atoms with Gasteiger partial charge >= 0.3 is 0 Å². The van der Waals surface area contributed by atoms with E-state index in [0.29, 0.717) is 46.7 Å². The molecule has 0 saturated carbocycles. The molecule has 1 aliphatic heterocycles. The van der Waals surface area contributed by atoms with E-state index in [4.69, 9.17) is 9.47 Å². The molecule has 9 nitrogen and oxygen atoms in total. The van der Waals surface area contributed by atoms with Crippen molar-refractivity contribution in [3.63, 3.8) is 0 Å². The first-order chi connectivity index (χ1) is 19.9. The fourth-order valence-corrected chi connectivity index (χ4v) is 4.79. The SMILES string of the molecule is COCCCNc1cc(N2CCN(C)CC2)ccc1C(=O)Nc1n[nH]c2ccc(OCc3cc(F)cc(F)c3)cc12. The minimum absolute atomic E-state index is 0.0164. The Balaban J connectivity index is 1.33. The normalized spacial score (nSPS) is 13.9. The van der Waals surface area contributed by atoms with Crippen LogP contribution in [-0.4, -0.2) is 74.5 Å². The van der Waals surface area contributed by atoms with Gasteiger partial charge in [-0.25, -0.2) is 8.78 Å². The average Bonchev–Trinajstić information content (AvgIpc) is 3.35. The minimum Gasteiger partial charge on any atom is -0.489 e. The second kappa shape index (κ2) is 13.0. The van der Waals surface area contributed by atoms with Crippen LogP contribution in [0.4, 0.5) is 26.0 Å². The summed E-state index contributed by atoms with van der Waals surface area (Å²) in [5, 5.41) is 14.2. The number of carbonyl (C=O) groups excluding carboxylic acids is 1. The number of methoxy groups -OCH3 is 1. The zero-order valence-corrected chi connectivity index (χ0v) is 23.2. The van der Waals surface area contributed by atoms with Gasteiger partial charge in [0.2, 0.25) is 0 Å². The summed E-state index contributed by atoms with van der Waals surface area (Å²) in [6, 6.07) is 14.3. The second-order valence-electron chi connectivity index (χ2n) is 10.1. The summed E-state index contributed by atoms with van der Waals surface area (Å²) in [5.41, 5.74) is 3.37. The van der Waals surface area contributed by atoms with E-state index in [2.05, 4.69) is 37.7 Å². The van der Waals surface area contributed by atoms with Crippen molar-refractivity contribution in [3.05, 3.63) is 77.4 Å². The molecule has 1 aromatic heterocycles. The van der Waals surface area contributed by atoms with Crippen LogP contribution in [0, 0.1) is 11.6 Å². The van der Waals surface area contributed by atoms with Crippen LogP contribution < -0.4 is 20.3 Å². The number of hydrogen-bond donors (Lipinski definition) is 3. The maximum atomic E-state index is 13.5. The summed E-state index contributed by atoms with van der Waals surface area (Å²) in [7, 11) is 3.78. The quantitative estimate of drug-likeness (QED) is 0.224. The third-order valence-corrected chi connectivity index (χ3v) is 7.05. The van der Waals surface area contributed by atoms with Gasteiger partial charge in [-0.3, -0.25) is 9.89 Å². The number of rotatable bonds is 11. The van der Waals surface area contributed by atoms with Crippen LogP contribution in [0.15, 0.2) is 54.6 Å². The van der Waals surface area contributed by atoms with Gasteiger partial charge in [-0.1, -0.05) is 0 Å². The number of aromatic nitrogens is 2. The van der Waals surface area contributed by atoms with Crippen molar-refractivity contribution in [2.45, 2.75) is 13.0 Å². The number of ether oxygens (including phenoxy) is 2. The lowest BCUT2D eigenvalue weighted by atomic mass is 10.1. The Hall–Kier alpha value is -4.22. The van der Waals surface area contributed by atoms with Crippen LogP contribution >= 0.6 is 0 Å². The van der Waals surface area contributed by atoms with Gasteiger partial charge < -0.3 is 29.9 Å². The molecule has 0 bridgehead atoms. The van der Waals surface area contributed by atoms with Gasteiger partial charge in [-0.2, -0.15) is 5.10 Å². The fourth-order valence-electron chi connectivity index (χ4n) is 4.79. The van der Waals surface area contributed by atoms with Gasteiger partial charge in [0, 0.05) is 69.3 Å². The molecule has 1 saturated heterocycles. The molecule has 1 amide bonds. The van der Waals surface area contributed by atoms with E-state index in [1.807, 2.05) is 18.2 Å². The molecule has 0 aliphatic carbocycles. The highest BCUT2D eigenvalue weighted by atomic mass is 19.1. The smallest absolute Gasteiger partial charge is 0.258 e. The van der Waals surface area contributed by atoms with Crippen LogP contribution in [0.2, 0.25) is 0 Å². The Morgan fingerprint density at radius 1 is 1.02 bits per heavy atom. The highest BCUT2D eigenvalue weighted by Gasteiger charge is 2.19.